The van der Waals surface area contributed by atoms with Gasteiger partial charge >= 0.3 is 0 Å². The van der Waals surface area contributed by atoms with E-state index < -0.39 is 0 Å². The van der Waals surface area contributed by atoms with Crippen molar-refractivity contribution in [1.82, 2.24) is 4.57 Å². The third-order valence-corrected chi connectivity index (χ3v) is 3.45. The molecule has 1 unspecified atom stereocenters. The van der Waals surface area contributed by atoms with E-state index in [1.54, 1.807) is 7.11 Å². The summed E-state index contributed by atoms with van der Waals surface area (Å²) in [6.07, 6.45) is 0. The van der Waals surface area contributed by atoms with E-state index in [9.17, 15) is 0 Å². The summed E-state index contributed by atoms with van der Waals surface area (Å²) in [5.74, 6) is 1.26. The fourth-order valence-corrected chi connectivity index (χ4v) is 2.43. The monoisotopic (exact) mass is 246 g/mol. The van der Waals surface area contributed by atoms with Gasteiger partial charge in [-0.05, 0) is 32.0 Å². The molecule has 0 aliphatic carbocycles. The highest BCUT2D eigenvalue weighted by atomic mass is 16.5. The maximum absolute atomic E-state index is 5.81. The summed E-state index contributed by atoms with van der Waals surface area (Å²) >= 11 is 0. The molecule has 2 N–H and O–H groups in total. The SMILES string of the molecule is COc1ccc2cc(C(C)CN)n(C(C)C)c2c1. The van der Waals surface area contributed by atoms with Gasteiger partial charge in [0, 0.05) is 35.7 Å². The fourth-order valence-electron chi connectivity index (χ4n) is 2.43. The van der Waals surface area contributed by atoms with Crippen molar-refractivity contribution in [2.24, 2.45) is 5.73 Å². The van der Waals surface area contributed by atoms with Crippen molar-refractivity contribution in [2.45, 2.75) is 32.7 Å². The van der Waals surface area contributed by atoms with Crippen molar-refractivity contribution in [3.05, 3.63) is 30.0 Å². The van der Waals surface area contributed by atoms with Crippen LogP contribution in [0.1, 0.15) is 38.4 Å². The number of rotatable bonds is 4. The largest absolute Gasteiger partial charge is 0.497 e. The van der Waals surface area contributed by atoms with Crippen LogP contribution < -0.4 is 10.5 Å². The molecule has 0 amide bonds. The molecule has 0 radical (unpaired) electrons. The van der Waals surface area contributed by atoms with Crippen LogP contribution in [0.15, 0.2) is 24.3 Å². The van der Waals surface area contributed by atoms with Gasteiger partial charge in [0.05, 0.1) is 12.6 Å². The van der Waals surface area contributed by atoms with Crippen LogP contribution in [0.3, 0.4) is 0 Å². The molecule has 0 fully saturated rings. The highest BCUT2D eigenvalue weighted by molar-refractivity contribution is 5.83. The second-order valence-corrected chi connectivity index (χ2v) is 5.09. The number of hydrogen-bond donors (Lipinski definition) is 1. The number of methoxy groups -OCH3 is 1. The lowest BCUT2D eigenvalue weighted by atomic mass is 10.1. The van der Waals surface area contributed by atoms with Gasteiger partial charge in [0.2, 0.25) is 0 Å². The van der Waals surface area contributed by atoms with Gasteiger partial charge in [-0.3, -0.25) is 0 Å². The first-order valence-electron chi connectivity index (χ1n) is 6.47. The van der Waals surface area contributed by atoms with E-state index in [1.165, 1.54) is 16.6 Å². The first kappa shape index (κ1) is 13.0. The number of nitrogens with zero attached hydrogens (tertiary/aromatic N) is 1. The minimum Gasteiger partial charge on any atom is -0.497 e. The van der Waals surface area contributed by atoms with Crippen molar-refractivity contribution >= 4 is 10.9 Å². The van der Waals surface area contributed by atoms with E-state index >= 15 is 0 Å². The van der Waals surface area contributed by atoms with Crippen LogP contribution >= 0.6 is 0 Å². The summed E-state index contributed by atoms with van der Waals surface area (Å²) in [6.45, 7) is 7.24. The third-order valence-electron chi connectivity index (χ3n) is 3.45. The number of aromatic nitrogens is 1. The molecule has 2 aromatic rings. The van der Waals surface area contributed by atoms with Crippen molar-refractivity contribution < 1.29 is 4.74 Å². The zero-order chi connectivity index (χ0) is 13.3. The molecule has 3 heteroatoms. The van der Waals surface area contributed by atoms with E-state index in [-0.39, 0.29) is 0 Å². The molecule has 1 atom stereocenters. The number of nitrogens with two attached hydrogens (primary N) is 1. The van der Waals surface area contributed by atoms with E-state index in [2.05, 4.69) is 43.5 Å². The normalized spacial score (nSPS) is 13.2. The van der Waals surface area contributed by atoms with Crippen molar-refractivity contribution in [3.8, 4) is 5.75 Å². The van der Waals surface area contributed by atoms with Gasteiger partial charge in [0.25, 0.3) is 0 Å². The Hall–Kier alpha value is -1.48. The smallest absolute Gasteiger partial charge is 0.120 e. The maximum atomic E-state index is 5.81. The summed E-state index contributed by atoms with van der Waals surface area (Å²) < 4.78 is 7.67. The van der Waals surface area contributed by atoms with Crippen LogP contribution in [0.4, 0.5) is 0 Å². The zero-order valence-corrected chi connectivity index (χ0v) is 11.6. The van der Waals surface area contributed by atoms with E-state index in [4.69, 9.17) is 10.5 Å². The standard InChI is InChI=1S/C15H22N2O/c1-10(2)17-14(11(3)9-16)7-12-5-6-13(18-4)8-15(12)17/h5-8,10-11H,9,16H2,1-4H3. The molecule has 0 saturated heterocycles. The molecule has 0 aliphatic rings. The van der Waals surface area contributed by atoms with Crippen LogP contribution in [0.25, 0.3) is 10.9 Å². The predicted octanol–water partition coefficient (Wildman–Crippen LogP) is 3.29. The Kier molecular flexibility index (Phi) is 3.62. The Labute approximate surface area is 109 Å². The highest BCUT2D eigenvalue weighted by Crippen LogP contribution is 2.30. The van der Waals surface area contributed by atoms with Gasteiger partial charge in [-0.25, -0.2) is 0 Å². The molecule has 0 aliphatic heterocycles. The molecule has 0 spiro atoms. The lowest BCUT2D eigenvalue weighted by Crippen LogP contribution is -2.14. The van der Waals surface area contributed by atoms with Crippen molar-refractivity contribution in [2.75, 3.05) is 13.7 Å². The summed E-state index contributed by atoms with van der Waals surface area (Å²) in [6, 6.07) is 8.87. The number of ether oxygens (including phenoxy) is 1. The Morgan fingerprint density at radius 1 is 1.22 bits per heavy atom. The topological polar surface area (TPSA) is 40.2 Å². The first-order valence-corrected chi connectivity index (χ1v) is 6.47. The second kappa shape index (κ2) is 5.02. The van der Waals surface area contributed by atoms with Crippen LogP contribution in [-0.4, -0.2) is 18.2 Å². The molecule has 1 aromatic carbocycles. The number of fused-ring (bicyclic) bond motifs is 1. The maximum Gasteiger partial charge on any atom is 0.120 e. The Bertz CT molecular complexity index is 543. The Morgan fingerprint density at radius 2 is 1.94 bits per heavy atom. The van der Waals surface area contributed by atoms with Crippen LogP contribution in [0, 0.1) is 0 Å². The molecular formula is C15H22N2O. The third kappa shape index (κ3) is 2.10. The summed E-state index contributed by atoms with van der Waals surface area (Å²) in [7, 11) is 1.70. The Morgan fingerprint density at radius 3 is 2.50 bits per heavy atom. The molecule has 3 nitrogen and oxygen atoms in total. The van der Waals surface area contributed by atoms with E-state index in [0.717, 1.165) is 5.75 Å². The number of benzene rings is 1. The summed E-state index contributed by atoms with van der Waals surface area (Å²) in [4.78, 5) is 0. The summed E-state index contributed by atoms with van der Waals surface area (Å²) in [5.41, 5.74) is 8.34. The number of hydrogen-bond acceptors (Lipinski definition) is 2. The summed E-state index contributed by atoms with van der Waals surface area (Å²) in [5, 5.41) is 1.25. The Balaban J connectivity index is 2.68. The predicted molar refractivity (Wildman–Crippen MR) is 76.3 cm³/mol. The van der Waals surface area contributed by atoms with Crippen LogP contribution in [0.2, 0.25) is 0 Å². The van der Waals surface area contributed by atoms with Crippen molar-refractivity contribution in [1.29, 1.82) is 0 Å². The first-order chi connectivity index (χ1) is 8.58. The lowest BCUT2D eigenvalue weighted by Gasteiger charge is -2.18. The molecule has 0 saturated carbocycles. The van der Waals surface area contributed by atoms with Crippen LogP contribution in [0.5, 0.6) is 5.75 Å². The van der Waals surface area contributed by atoms with E-state index in [0.29, 0.717) is 18.5 Å². The van der Waals surface area contributed by atoms with E-state index in [1.807, 2.05) is 6.07 Å². The van der Waals surface area contributed by atoms with Gasteiger partial charge in [0.15, 0.2) is 0 Å². The minimum atomic E-state index is 0.366. The average molecular weight is 246 g/mol. The van der Waals surface area contributed by atoms with Gasteiger partial charge in [-0.15, -0.1) is 0 Å². The zero-order valence-electron chi connectivity index (χ0n) is 11.6. The highest BCUT2D eigenvalue weighted by Gasteiger charge is 2.16. The van der Waals surface area contributed by atoms with Crippen LogP contribution in [-0.2, 0) is 0 Å². The molecule has 0 bridgehead atoms. The quantitative estimate of drug-likeness (QED) is 0.899. The molecular weight excluding hydrogens is 224 g/mol. The van der Waals surface area contributed by atoms with Gasteiger partial charge in [-0.1, -0.05) is 6.92 Å². The van der Waals surface area contributed by atoms with Gasteiger partial charge in [-0.2, -0.15) is 0 Å². The molecule has 1 heterocycles. The molecule has 1 aromatic heterocycles. The fraction of sp³-hybridized carbons (Fsp3) is 0.467. The minimum absolute atomic E-state index is 0.366. The molecule has 98 valence electrons. The van der Waals surface area contributed by atoms with Gasteiger partial charge < -0.3 is 15.0 Å². The van der Waals surface area contributed by atoms with Crippen molar-refractivity contribution in [3.63, 3.8) is 0 Å². The molecule has 18 heavy (non-hydrogen) atoms. The molecule has 2 rings (SSSR count). The van der Waals surface area contributed by atoms with Gasteiger partial charge in [0.1, 0.15) is 5.75 Å². The lowest BCUT2D eigenvalue weighted by molar-refractivity contribution is 0.415. The average Bonchev–Trinajstić information content (AvgIpc) is 2.75. The second-order valence-electron chi connectivity index (χ2n) is 5.09.